The van der Waals surface area contributed by atoms with Gasteiger partial charge in [-0.05, 0) is 37.5 Å². The van der Waals surface area contributed by atoms with Crippen LogP contribution in [-0.4, -0.2) is 69.3 Å². The molecule has 0 fully saturated rings. The first kappa shape index (κ1) is 28.4. The number of likely N-dealkylation sites (N-methyl/N-ethyl adjacent to an activating group) is 1. The summed E-state index contributed by atoms with van der Waals surface area (Å²) in [4.78, 5) is 58.6. The molecule has 0 spiro atoms. The topological polar surface area (TPSA) is 152 Å². The van der Waals surface area contributed by atoms with Gasteiger partial charge in [-0.3, -0.25) is 19.2 Å². The Hall–Kier alpha value is -3.63. The number of carbonyl (C=O) groups excluding carboxylic acids is 5. The Kier molecular flexibility index (Phi) is 12.7. The third-order valence-corrected chi connectivity index (χ3v) is 4.71. The fraction of sp³-hybridized carbons (Fsp3) is 0.522. The number of ether oxygens (including phenoxy) is 2. The molecule has 0 aliphatic rings. The largest absolute Gasteiger partial charge is 0.484 e. The maximum Gasteiger partial charge on any atom is 0.258 e. The molecule has 0 aliphatic carbocycles. The Labute approximate surface area is 199 Å². The van der Waals surface area contributed by atoms with Gasteiger partial charge in [-0.25, -0.2) is 0 Å². The average molecular weight is 479 g/mol. The van der Waals surface area contributed by atoms with Crippen LogP contribution in [0.25, 0.3) is 0 Å². The highest BCUT2D eigenvalue weighted by molar-refractivity contribution is 5.88. The highest BCUT2D eigenvalue weighted by Crippen LogP contribution is 2.22. The van der Waals surface area contributed by atoms with Crippen LogP contribution in [0.5, 0.6) is 11.5 Å². The van der Waals surface area contributed by atoms with Gasteiger partial charge in [0, 0.05) is 26.6 Å². The Morgan fingerprint density at radius 2 is 1.47 bits per heavy atom. The van der Waals surface area contributed by atoms with Crippen LogP contribution >= 0.6 is 0 Å². The van der Waals surface area contributed by atoms with Gasteiger partial charge in [0.05, 0.1) is 6.04 Å². The van der Waals surface area contributed by atoms with Crippen molar-refractivity contribution in [3.63, 3.8) is 0 Å². The van der Waals surface area contributed by atoms with Gasteiger partial charge >= 0.3 is 0 Å². The summed E-state index contributed by atoms with van der Waals surface area (Å²) in [7, 11) is 3.00. The van der Waals surface area contributed by atoms with Crippen molar-refractivity contribution in [2.24, 2.45) is 0 Å². The highest BCUT2D eigenvalue weighted by Gasteiger charge is 2.19. The van der Waals surface area contributed by atoms with Crippen molar-refractivity contribution in [3.8, 4) is 11.5 Å². The zero-order chi connectivity index (χ0) is 25.5. The van der Waals surface area contributed by atoms with Crippen molar-refractivity contribution in [3.05, 3.63) is 23.8 Å². The molecule has 188 valence electrons. The van der Waals surface area contributed by atoms with E-state index < -0.39 is 23.9 Å². The molecule has 0 heterocycles. The fourth-order valence-corrected chi connectivity index (χ4v) is 2.98. The van der Waals surface area contributed by atoms with E-state index in [4.69, 9.17) is 9.47 Å². The molecule has 34 heavy (non-hydrogen) atoms. The molecular weight excluding hydrogens is 444 g/mol. The van der Waals surface area contributed by atoms with Gasteiger partial charge in [0.1, 0.15) is 23.8 Å². The van der Waals surface area contributed by atoms with Gasteiger partial charge in [-0.15, -0.1) is 0 Å². The summed E-state index contributed by atoms with van der Waals surface area (Å²) in [6.45, 7) is 3.06. The second kappa shape index (κ2) is 15.3. The second-order valence-corrected chi connectivity index (χ2v) is 7.60. The number of nitrogens with one attached hydrogen (secondary N) is 4. The number of rotatable bonds is 15. The van der Waals surface area contributed by atoms with Crippen molar-refractivity contribution in [1.29, 1.82) is 0 Å². The molecule has 0 saturated heterocycles. The van der Waals surface area contributed by atoms with Crippen molar-refractivity contribution in [2.75, 3.05) is 27.3 Å². The zero-order valence-corrected chi connectivity index (χ0v) is 20.1. The van der Waals surface area contributed by atoms with Gasteiger partial charge in [0.25, 0.3) is 11.8 Å². The lowest BCUT2D eigenvalue weighted by Gasteiger charge is -2.17. The van der Waals surface area contributed by atoms with Gasteiger partial charge in [0.2, 0.25) is 11.8 Å². The van der Waals surface area contributed by atoms with E-state index in [-0.39, 0.29) is 37.9 Å². The minimum absolute atomic E-state index is 0.107. The quantitative estimate of drug-likeness (QED) is 0.259. The number of hydrogen-bond acceptors (Lipinski definition) is 7. The molecule has 4 amide bonds. The Balaban J connectivity index is 2.60. The van der Waals surface area contributed by atoms with E-state index in [0.717, 1.165) is 12.0 Å². The minimum Gasteiger partial charge on any atom is -0.484 e. The molecule has 1 aromatic carbocycles. The van der Waals surface area contributed by atoms with Crippen LogP contribution in [0.3, 0.4) is 0 Å². The smallest absolute Gasteiger partial charge is 0.258 e. The molecule has 0 bridgehead atoms. The maximum absolute atomic E-state index is 12.2. The molecule has 0 aromatic heterocycles. The van der Waals surface area contributed by atoms with Crippen LogP contribution < -0.4 is 30.7 Å². The second-order valence-electron chi connectivity index (χ2n) is 7.60. The molecule has 2 atom stereocenters. The number of carbonyl (C=O) groups is 5. The lowest BCUT2D eigenvalue weighted by molar-refractivity contribution is -0.129. The van der Waals surface area contributed by atoms with E-state index >= 15 is 0 Å². The van der Waals surface area contributed by atoms with Crippen molar-refractivity contribution < 1.29 is 33.4 Å². The monoisotopic (exact) mass is 478 g/mol. The number of aldehydes is 1. The summed E-state index contributed by atoms with van der Waals surface area (Å²) < 4.78 is 11.0. The SMILES string of the molecule is CCCC(NC(=O)COc1cc(C)cc(OCC(=O)NC(C=O)CCC(=O)NC)c1)C(=O)NC. The van der Waals surface area contributed by atoms with E-state index in [1.54, 1.807) is 19.1 Å². The summed E-state index contributed by atoms with van der Waals surface area (Å²) in [6.07, 6.45) is 2.09. The van der Waals surface area contributed by atoms with Gasteiger partial charge in [0.15, 0.2) is 13.2 Å². The van der Waals surface area contributed by atoms with Crippen LogP contribution in [0.2, 0.25) is 0 Å². The number of amides is 4. The zero-order valence-electron chi connectivity index (χ0n) is 20.1. The van der Waals surface area contributed by atoms with Gasteiger partial charge in [-0.2, -0.15) is 0 Å². The van der Waals surface area contributed by atoms with Crippen LogP contribution in [0.15, 0.2) is 18.2 Å². The molecule has 1 aromatic rings. The Morgan fingerprint density at radius 3 is 1.97 bits per heavy atom. The summed E-state index contributed by atoms with van der Waals surface area (Å²) in [5.74, 6) is -0.768. The molecule has 1 rings (SSSR count). The first-order chi connectivity index (χ1) is 16.2. The fourth-order valence-electron chi connectivity index (χ4n) is 2.98. The number of benzene rings is 1. The van der Waals surface area contributed by atoms with E-state index in [0.29, 0.717) is 24.2 Å². The first-order valence-corrected chi connectivity index (χ1v) is 11.1. The third kappa shape index (κ3) is 10.8. The lowest BCUT2D eigenvalue weighted by atomic mass is 10.1. The maximum atomic E-state index is 12.2. The molecule has 4 N–H and O–H groups in total. The normalized spacial score (nSPS) is 12.0. The van der Waals surface area contributed by atoms with Crippen LogP contribution in [-0.2, 0) is 24.0 Å². The van der Waals surface area contributed by atoms with E-state index in [1.165, 1.54) is 20.2 Å². The molecule has 0 saturated carbocycles. The predicted molar refractivity (Wildman–Crippen MR) is 124 cm³/mol. The van der Waals surface area contributed by atoms with E-state index in [1.807, 2.05) is 6.92 Å². The Morgan fingerprint density at radius 1 is 0.882 bits per heavy atom. The number of aryl methyl sites for hydroxylation is 1. The molecule has 11 heteroatoms. The molecule has 0 aliphatic heterocycles. The summed E-state index contributed by atoms with van der Waals surface area (Å²) >= 11 is 0. The van der Waals surface area contributed by atoms with Crippen LogP contribution in [0.4, 0.5) is 0 Å². The van der Waals surface area contributed by atoms with Gasteiger partial charge < -0.3 is 35.5 Å². The lowest BCUT2D eigenvalue weighted by Crippen LogP contribution is -2.47. The molecule has 11 nitrogen and oxygen atoms in total. The summed E-state index contributed by atoms with van der Waals surface area (Å²) in [5, 5.41) is 10.1. The molecule has 2 unspecified atom stereocenters. The highest BCUT2D eigenvalue weighted by atomic mass is 16.5. The minimum atomic E-state index is -0.797. The van der Waals surface area contributed by atoms with Gasteiger partial charge in [-0.1, -0.05) is 13.3 Å². The predicted octanol–water partition coefficient (Wildman–Crippen LogP) is -0.00658. The molecule has 0 radical (unpaired) electrons. The first-order valence-electron chi connectivity index (χ1n) is 11.1. The molecular formula is C23H34N4O7. The third-order valence-electron chi connectivity index (χ3n) is 4.71. The number of hydrogen-bond donors (Lipinski definition) is 4. The average Bonchev–Trinajstić information content (AvgIpc) is 2.82. The standard InChI is InChI=1S/C23H34N4O7/c1-5-6-19(23(32)25-4)27-22(31)14-34-18-10-15(2)9-17(11-18)33-13-21(30)26-16(12-28)7-8-20(29)24-3/h9-12,16,19H,5-8,13-14H2,1-4H3,(H,24,29)(H,25,32)(H,26,30)(H,27,31). The van der Waals surface area contributed by atoms with Crippen molar-refractivity contribution >= 4 is 29.9 Å². The van der Waals surface area contributed by atoms with Crippen LogP contribution in [0.1, 0.15) is 38.2 Å². The van der Waals surface area contributed by atoms with E-state index in [2.05, 4.69) is 21.3 Å². The summed E-state index contributed by atoms with van der Waals surface area (Å²) in [6, 6.07) is 3.48. The van der Waals surface area contributed by atoms with Crippen LogP contribution in [0, 0.1) is 6.92 Å². The Bertz CT molecular complexity index is 860. The summed E-state index contributed by atoms with van der Waals surface area (Å²) in [5.41, 5.74) is 0.777. The van der Waals surface area contributed by atoms with E-state index in [9.17, 15) is 24.0 Å². The van der Waals surface area contributed by atoms with Crippen molar-refractivity contribution in [1.82, 2.24) is 21.3 Å². The van der Waals surface area contributed by atoms with Crippen molar-refractivity contribution in [2.45, 2.75) is 51.6 Å².